The number of hydrogen-bond acceptors (Lipinski definition) is 3. The Kier molecular flexibility index (Phi) is 4.09. The molecule has 4 aromatic rings. The van der Waals surface area contributed by atoms with Gasteiger partial charge in [0.2, 0.25) is 0 Å². The van der Waals surface area contributed by atoms with Gasteiger partial charge in [0.05, 0.1) is 12.8 Å². The van der Waals surface area contributed by atoms with Crippen LogP contribution in [0.4, 0.5) is 11.5 Å². The van der Waals surface area contributed by atoms with Crippen LogP contribution in [0.25, 0.3) is 16.6 Å². The van der Waals surface area contributed by atoms with Gasteiger partial charge in [0.25, 0.3) is 0 Å². The lowest BCUT2D eigenvalue weighted by Crippen LogP contribution is -2.02. The maximum absolute atomic E-state index is 5.51. The molecule has 0 unspecified atom stereocenters. The van der Waals surface area contributed by atoms with E-state index in [-0.39, 0.29) is 0 Å². The van der Waals surface area contributed by atoms with Crippen LogP contribution in [0.3, 0.4) is 0 Å². The molecule has 4 nitrogen and oxygen atoms in total. The van der Waals surface area contributed by atoms with Gasteiger partial charge in [-0.3, -0.25) is 0 Å². The number of nitrogens with zero attached hydrogens (tertiary/aromatic N) is 2. The molecular weight excluding hydrogens is 322 g/mol. The Hall–Kier alpha value is -3.27. The van der Waals surface area contributed by atoms with E-state index in [0.29, 0.717) is 0 Å². The second-order valence-corrected chi connectivity index (χ2v) is 6.44. The maximum atomic E-state index is 5.51. The molecule has 1 aromatic heterocycles. The van der Waals surface area contributed by atoms with Crippen molar-refractivity contribution in [3.63, 3.8) is 0 Å². The molecule has 1 N–H and O–H groups in total. The molecule has 4 rings (SSSR count). The molecule has 0 aliphatic heterocycles. The van der Waals surface area contributed by atoms with Crippen molar-refractivity contribution >= 4 is 22.4 Å². The van der Waals surface area contributed by atoms with Crippen LogP contribution in [-0.4, -0.2) is 16.9 Å². The van der Waals surface area contributed by atoms with Crippen molar-refractivity contribution in [2.24, 2.45) is 0 Å². The quantitative estimate of drug-likeness (QED) is 0.539. The van der Waals surface area contributed by atoms with E-state index in [4.69, 9.17) is 9.84 Å². The normalized spacial score (nSPS) is 10.9. The van der Waals surface area contributed by atoms with Gasteiger partial charge in [-0.25, -0.2) is 4.68 Å². The molecule has 0 aliphatic rings. The van der Waals surface area contributed by atoms with Crippen molar-refractivity contribution in [1.82, 2.24) is 9.78 Å². The second kappa shape index (κ2) is 6.56. The summed E-state index contributed by atoms with van der Waals surface area (Å²) in [5, 5.41) is 9.38. The van der Waals surface area contributed by atoms with Gasteiger partial charge in [-0.2, -0.15) is 5.10 Å². The third-order valence-electron chi connectivity index (χ3n) is 4.48. The Bertz CT molecular complexity index is 1050. The zero-order valence-electron chi connectivity index (χ0n) is 15.2. The monoisotopic (exact) mass is 343 g/mol. The molecule has 26 heavy (non-hydrogen) atoms. The number of aryl methyl sites for hydroxylation is 2. The summed E-state index contributed by atoms with van der Waals surface area (Å²) < 4.78 is 7.45. The van der Waals surface area contributed by atoms with Crippen molar-refractivity contribution < 1.29 is 4.74 Å². The van der Waals surface area contributed by atoms with Crippen LogP contribution >= 0.6 is 0 Å². The highest BCUT2D eigenvalue weighted by atomic mass is 16.5. The molecule has 0 radical (unpaired) electrons. The standard InChI is InChI=1S/C22H21N3O/c1-15-7-11-17(12-8-15)23-22-19-5-4-6-20(26-3)21(19)24-25(22)18-13-9-16(2)10-14-18/h4-14,23H,1-3H3. The van der Waals surface area contributed by atoms with Gasteiger partial charge in [-0.15, -0.1) is 0 Å². The highest BCUT2D eigenvalue weighted by Crippen LogP contribution is 2.34. The van der Waals surface area contributed by atoms with Gasteiger partial charge in [-0.1, -0.05) is 41.5 Å². The van der Waals surface area contributed by atoms with Crippen LogP contribution in [-0.2, 0) is 0 Å². The van der Waals surface area contributed by atoms with Crippen LogP contribution < -0.4 is 10.1 Å². The van der Waals surface area contributed by atoms with E-state index in [0.717, 1.165) is 33.8 Å². The lowest BCUT2D eigenvalue weighted by atomic mass is 10.2. The third kappa shape index (κ3) is 2.90. The summed E-state index contributed by atoms with van der Waals surface area (Å²) in [7, 11) is 1.67. The van der Waals surface area contributed by atoms with Crippen LogP contribution in [0.1, 0.15) is 11.1 Å². The minimum absolute atomic E-state index is 0.764. The molecule has 1 heterocycles. The van der Waals surface area contributed by atoms with Crippen LogP contribution in [0, 0.1) is 13.8 Å². The number of fused-ring (bicyclic) bond motifs is 1. The first-order valence-electron chi connectivity index (χ1n) is 8.62. The first-order valence-corrected chi connectivity index (χ1v) is 8.62. The lowest BCUT2D eigenvalue weighted by Gasteiger charge is -2.11. The Morgan fingerprint density at radius 2 is 1.50 bits per heavy atom. The first kappa shape index (κ1) is 16.2. The number of ether oxygens (including phenoxy) is 1. The summed E-state index contributed by atoms with van der Waals surface area (Å²) in [5.74, 6) is 1.69. The van der Waals surface area contributed by atoms with Gasteiger partial charge in [0.15, 0.2) is 0 Å². The molecule has 0 amide bonds. The van der Waals surface area contributed by atoms with E-state index in [9.17, 15) is 0 Å². The lowest BCUT2D eigenvalue weighted by molar-refractivity contribution is 0.418. The van der Waals surface area contributed by atoms with E-state index < -0.39 is 0 Å². The predicted octanol–water partition coefficient (Wildman–Crippen LogP) is 5.39. The van der Waals surface area contributed by atoms with Gasteiger partial charge in [0.1, 0.15) is 17.1 Å². The average molecular weight is 343 g/mol. The third-order valence-corrected chi connectivity index (χ3v) is 4.48. The number of methoxy groups -OCH3 is 1. The molecule has 0 fully saturated rings. The number of nitrogens with one attached hydrogen (secondary N) is 1. The molecule has 0 spiro atoms. The SMILES string of the molecule is COc1cccc2c(Nc3ccc(C)cc3)n(-c3ccc(C)cc3)nc12. The van der Waals surface area contributed by atoms with Crippen molar-refractivity contribution in [1.29, 1.82) is 0 Å². The van der Waals surface area contributed by atoms with E-state index in [2.05, 4.69) is 73.8 Å². The molecule has 0 saturated heterocycles. The molecule has 0 saturated carbocycles. The van der Waals surface area contributed by atoms with Crippen molar-refractivity contribution in [2.45, 2.75) is 13.8 Å². The second-order valence-electron chi connectivity index (χ2n) is 6.44. The predicted molar refractivity (Wildman–Crippen MR) is 107 cm³/mol. The van der Waals surface area contributed by atoms with Crippen LogP contribution in [0.5, 0.6) is 5.75 Å². The van der Waals surface area contributed by atoms with Crippen molar-refractivity contribution in [3.05, 3.63) is 77.9 Å². The molecule has 3 aromatic carbocycles. The van der Waals surface area contributed by atoms with Crippen molar-refractivity contribution in [3.8, 4) is 11.4 Å². The van der Waals surface area contributed by atoms with Gasteiger partial charge in [-0.05, 0) is 50.2 Å². The molecule has 0 bridgehead atoms. The molecule has 4 heteroatoms. The highest BCUT2D eigenvalue weighted by Gasteiger charge is 2.16. The number of benzene rings is 3. The Balaban J connectivity index is 1.91. The minimum atomic E-state index is 0.764. The smallest absolute Gasteiger partial charge is 0.147 e. The maximum Gasteiger partial charge on any atom is 0.147 e. The zero-order chi connectivity index (χ0) is 18.1. The van der Waals surface area contributed by atoms with Crippen LogP contribution in [0.2, 0.25) is 0 Å². The summed E-state index contributed by atoms with van der Waals surface area (Å²) in [4.78, 5) is 0. The van der Waals surface area contributed by atoms with Crippen molar-refractivity contribution in [2.75, 3.05) is 12.4 Å². The zero-order valence-corrected chi connectivity index (χ0v) is 15.2. The number of aromatic nitrogens is 2. The Morgan fingerprint density at radius 1 is 0.846 bits per heavy atom. The van der Waals surface area contributed by atoms with E-state index in [1.165, 1.54) is 11.1 Å². The van der Waals surface area contributed by atoms with Gasteiger partial charge >= 0.3 is 0 Å². The number of rotatable bonds is 4. The highest BCUT2D eigenvalue weighted by molar-refractivity contribution is 5.96. The van der Waals surface area contributed by atoms with E-state index in [1.807, 2.05) is 16.8 Å². The Morgan fingerprint density at radius 3 is 2.15 bits per heavy atom. The molecule has 0 aliphatic carbocycles. The van der Waals surface area contributed by atoms with Gasteiger partial charge in [0, 0.05) is 11.1 Å². The number of hydrogen-bond donors (Lipinski definition) is 1. The largest absolute Gasteiger partial charge is 0.494 e. The molecule has 130 valence electrons. The minimum Gasteiger partial charge on any atom is -0.494 e. The topological polar surface area (TPSA) is 39.1 Å². The Labute approximate surface area is 153 Å². The average Bonchev–Trinajstić information content (AvgIpc) is 3.03. The fraction of sp³-hybridized carbons (Fsp3) is 0.136. The van der Waals surface area contributed by atoms with Crippen LogP contribution in [0.15, 0.2) is 66.7 Å². The summed E-state index contributed by atoms with van der Waals surface area (Å²) >= 11 is 0. The first-order chi connectivity index (χ1) is 12.7. The van der Waals surface area contributed by atoms with Gasteiger partial charge < -0.3 is 10.1 Å². The van der Waals surface area contributed by atoms with E-state index >= 15 is 0 Å². The summed E-state index contributed by atoms with van der Waals surface area (Å²) in [6.45, 7) is 4.17. The summed E-state index contributed by atoms with van der Waals surface area (Å²) in [5.41, 5.74) is 5.31. The number of anilines is 2. The van der Waals surface area contributed by atoms with E-state index in [1.54, 1.807) is 7.11 Å². The fourth-order valence-electron chi connectivity index (χ4n) is 3.01. The molecular formula is C22H21N3O. The molecule has 0 atom stereocenters. The fourth-order valence-corrected chi connectivity index (χ4v) is 3.01. The summed E-state index contributed by atoms with van der Waals surface area (Å²) in [6, 6.07) is 22.7. The summed E-state index contributed by atoms with van der Waals surface area (Å²) in [6.07, 6.45) is 0.